The minimum absolute atomic E-state index is 0.0692. The highest BCUT2D eigenvalue weighted by molar-refractivity contribution is 7.93. The first-order chi connectivity index (χ1) is 8.95. The fourth-order valence-electron chi connectivity index (χ4n) is 2.58. The van der Waals surface area contributed by atoms with Gasteiger partial charge in [0.15, 0.2) is 9.84 Å². The van der Waals surface area contributed by atoms with Crippen LogP contribution in [0, 0.1) is 6.92 Å². The molecule has 0 saturated carbocycles. The molecule has 0 radical (unpaired) electrons. The number of aryl methyl sites for hydroxylation is 1. The second-order valence-corrected chi connectivity index (χ2v) is 6.86. The van der Waals surface area contributed by atoms with Crippen molar-refractivity contribution >= 4 is 9.84 Å². The minimum Gasteiger partial charge on any atom is -0.348 e. The summed E-state index contributed by atoms with van der Waals surface area (Å²) in [7, 11) is -3.19. The van der Waals surface area contributed by atoms with Crippen LogP contribution in [0.25, 0.3) is 0 Å². The fourth-order valence-corrected chi connectivity index (χ4v) is 4.68. The van der Waals surface area contributed by atoms with E-state index < -0.39 is 20.9 Å². The van der Waals surface area contributed by atoms with Crippen LogP contribution < -0.4 is 0 Å². The Labute approximate surface area is 114 Å². The minimum atomic E-state index is -3.19. The lowest BCUT2D eigenvalue weighted by molar-refractivity contribution is -0.230. The summed E-state index contributed by atoms with van der Waals surface area (Å²) in [5.41, 5.74) is 1.83. The summed E-state index contributed by atoms with van der Waals surface area (Å²) in [6.07, 6.45) is 0. The summed E-state index contributed by atoms with van der Waals surface area (Å²) < 4.78 is 35.5. The van der Waals surface area contributed by atoms with E-state index in [4.69, 9.17) is 9.47 Å². The van der Waals surface area contributed by atoms with Crippen molar-refractivity contribution < 1.29 is 17.9 Å². The molecule has 2 rings (SSSR count). The number of hydrogen-bond donors (Lipinski definition) is 0. The van der Waals surface area contributed by atoms with E-state index in [0.717, 1.165) is 11.1 Å². The molecule has 0 N–H and O–H groups in total. The van der Waals surface area contributed by atoms with Crippen LogP contribution in [0.2, 0.25) is 0 Å². The van der Waals surface area contributed by atoms with E-state index >= 15 is 0 Å². The molecule has 1 heterocycles. The highest BCUT2D eigenvalue weighted by Crippen LogP contribution is 2.48. The third-order valence-electron chi connectivity index (χ3n) is 3.32. The van der Waals surface area contributed by atoms with Gasteiger partial charge in [-0.25, -0.2) is 8.42 Å². The van der Waals surface area contributed by atoms with Gasteiger partial charge in [-0.3, -0.25) is 0 Å². The van der Waals surface area contributed by atoms with Crippen molar-refractivity contribution in [2.24, 2.45) is 0 Å². The third-order valence-corrected chi connectivity index (χ3v) is 5.47. The lowest BCUT2D eigenvalue weighted by Gasteiger charge is -2.47. The molecule has 0 aromatic heterocycles. The van der Waals surface area contributed by atoms with E-state index in [9.17, 15) is 8.42 Å². The Kier molecular flexibility index (Phi) is 3.99. The Morgan fingerprint density at radius 1 is 1.16 bits per heavy atom. The van der Waals surface area contributed by atoms with Crippen molar-refractivity contribution in [2.45, 2.75) is 31.8 Å². The Bertz CT molecular complexity index is 527. The van der Waals surface area contributed by atoms with Crippen LogP contribution in [0.1, 0.15) is 30.2 Å². The predicted molar refractivity (Wildman–Crippen MR) is 73.7 cm³/mol. The third kappa shape index (κ3) is 2.55. The Morgan fingerprint density at radius 2 is 1.68 bits per heavy atom. The normalized spacial score (nSPS) is 23.8. The van der Waals surface area contributed by atoms with Crippen molar-refractivity contribution in [3.8, 4) is 0 Å². The predicted octanol–water partition coefficient (Wildman–Crippen LogP) is 2.23. The van der Waals surface area contributed by atoms with Gasteiger partial charge in [0.2, 0.25) is 5.79 Å². The van der Waals surface area contributed by atoms with Crippen LogP contribution in [0.4, 0.5) is 0 Å². The Hall–Kier alpha value is -0.910. The van der Waals surface area contributed by atoms with Crippen LogP contribution in [0.15, 0.2) is 24.3 Å². The molecule has 1 aromatic carbocycles. The van der Waals surface area contributed by atoms with Gasteiger partial charge in [0.05, 0.1) is 0 Å². The van der Waals surface area contributed by atoms with E-state index in [-0.39, 0.29) is 5.75 Å². The average Bonchev–Trinajstić information content (AvgIpc) is 2.31. The van der Waals surface area contributed by atoms with Crippen LogP contribution in [-0.4, -0.2) is 33.2 Å². The first-order valence-corrected chi connectivity index (χ1v) is 8.23. The maximum atomic E-state index is 12.1. The second kappa shape index (κ2) is 5.23. The standard InChI is InChI=1S/C14H20O4S/c1-4-17-14(18-5-2)10-19(15,16)13(14)12-8-6-11(3)7-9-12/h6-9,13H,4-5,10H2,1-3H3/t13-/m1/s1. The first kappa shape index (κ1) is 14.5. The largest absolute Gasteiger partial charge is 0.348 e. The number of benzene rings is 1. The van der Waals surface area contributed by atoms with Crippen LogP contribution in [0.3, 0.4) is 0 Å². The molecule has 1 aromatic rings. The van der Waals surface area contributed by atoms with E-state index in [1.807, 2.05) is 45.0 Å². The lowest BCUT2D eigenvalue weighted by atomic mass is 10.0. The fraction of sp³-hybridized carbons (Fsp3) is 0.571. The molecule has 106 valence electrons. The molecule has 1 saturated heterocycles. The van der Waals surface area contributed by atoms with Crippen molar-refractivity contribution in [2.75, 3.05) is 19.0 Å². The van der Waals surface area contributed by atoms with Gasteiger partial charge < -0.3 is 9.47 Å². The summed E-state index contributed by atoms with van der Waals surface area (Å²) in [6.45, 7) is 6.52. The molecule has 19 heavy (non-hydrogen) atoms. The SMILES string of the molecule is CCOC1(OCC)CS(=O)(=O)[C@@H]1c1ccc(C)cc1. The number of hydrogen-bond acceptors (Lipinski definition) is 4. The molecule has 1 aliphatic rings. The molecule has 5 heteroatoms. The van der Waals surface area contributed by atoms with Crippen LogP contribution >= 0.6 is 0 Å². The van der Waals surface area contributed by atoms with Crippen molar-refractivity contribution in [3.63, 3.8) is 0 Å². The number of ether oxygens (including phenoxy) is 2. The van der Waals surface area contributed by atoms with Gasteiger partial charge in [-0.1, -0.05) is 29.8 Å². The smallest absolute Gasteiger partial charge is 0.203 e. The summed E-state index contributed by atoms with van der Waals surface area (Å²) in [6, 6.07) is 7.49. The summed E-state index contributed by atoms with van der Waals surface area (Å²) in [5.74, 6) is -1.09. The maximum Gasteiger partial charge on any atom is 0.203 e. The Morgan fingerprint density at radius 3 is 2.11 bits per heavy atom. The van der Waals surface area contributed by atoms with Crippen molar-refractivity contribution in [3.05, 3.63) is 35.4 Å². The topological polar surface area (TPSA) is 52.6 Å². The molecule has 0 spiro atoms. The van der Waals surface area contributed by atoms with Crippen LogP contribution in [-0.2, 0) is 19.3 Å². The number of rotatable bonds is 5. The molecule has 1 aliphatic heterocycles. The molecule has 1 atom stereocenters. The summed E-state index contributed by atoms with van der Waals surface area (Å²) >= 11 is 0. The molecule has 4 nitrogen and oxygen atoms in total. The summed E-state index contributed by atoms with van der Waals surface area (Å²) in [5, 5.41) is -0.722. The molecule has 0 bridgehead atoms. The maximum absolute atomic E-state index is 12.1. The van der Waals surface area contributed by atoms with Gasteiger partial charge in [-0.05, 0) is 26.3 Å². The van der Waals surface area contributed by atoms with Crippen molar-refractivity contribution in [1.29, 1.82) is 0 Å². The van der Waals surface area contributed by atoms with Crippen molar-refractivity contribution in [1.82, 2.24) is 0 Å². The second-order valence-electron chi connectivity index (χ2n) is 4.78. The first-order valence-electron chi connectivity index (χ1n) is 6.51. The van der Waals surface area contributed by atoms with E-state index in [1.54, 1.807) is 0 Å². The highest BCUT2D eigenvalue weighted by atomic mass is 32.2. The average molecular weight is 284 g/mol. The molecular formula is C14H20O4S. The lowest BCUT2D eigenvalue weighted by Crippen LogP contribution is -2.60. The molecule has 0 unspecified atom stereocenters. The van der Waals surface area contributed by atoms with Crippen LogP contribution in [0.5, 0.6) is 0 Å². The highest BCUT2D eigenvalue weighted by Gasteiger charge is 2.61. The zero-order chi connectivity index (χ0) is 14.1. The van der Waals surface area contributed by atoms with Gasteiger partial charge in [0.25, 0.3) is 0 Å². The van der Waals surface area contributed by atoms with E-state index in [2.05, 4.69) is 0 Å². The van der Waals surface area contributed by atoms with Gasteiger partial charge in [-0.15, -0.1) is 0 Å². The molecule has 0 amide bonds. The Balaban J connectivity index is 2.39. The molecule has 0 aliphatic carbocycles. The zero-order valence-corrected chi connectivity index (χ0v) is 12.4. The quantitative estimate of drug-likeness (QED) is 0.778. The molecular weight excluding hydrogens is 264 g/mol. The number of sulfone groups is 1. The van der Waals surface area contributed by atoms with E-state index in [1.165, 1.54) is 0 Å². The van der Waals surface area contributed by atoms with Gasteiger partial charge >= 0.3 is 0 Å². The molecule has 1 fully saturated rings. The van der Waals surface area contributed by atoms with Gasteiger partial charge in [0.1, 0.15) is 11.0 Å². The summed E-state index contributed by atoms with van der Waals surface area (Å²) in [4.78, 5) is 0. The van der Waals surface area contributed by atoms with Gasteiger partial charge in [0, 0.05) is 13.2 Å². The van der Waals surface area contributed by atoms with E-state index in [0.29, 0.717) is 13.2 Å². The monoisotopic (exact) mass is 284 g/mol. The van der Waals surface area contributed by atoms with Gasteiger partial charge in [-0.2, -0.15) is 0 Å². The zero-order valence-electron chi connectivity index (χ0n) is 11.5.